The monoisotopic (exact) mass is 408 g/mol. The molecule has 1 fully saturated rings. The summed E-state index contributed by atoms with van der Waals surface area (Å²) in [4.78, 5) is 13.7. The van der Waals surface area contributed by atoms with Gasteiger partial charge in [0.2, 0.25) is 0 Å². The first kappa shape index (κ1) is 19.3. The summed E-state index contributed by atoms with van der Waals surface area (Å²) in [6.07, 6.45) is 1.97. The maximum atomic E-state index is 14.8. The molecule has 2 aliphatic carbocycles. The average Bonchev–Trinajstić information content (AvgIpc) is 3.16. The Morgan fingerprint density at radius 3 is 2.43 bits per heavy atom. The lowest BCUT2D eigenvalue weighted by molar-refractivity contribution is 0.216. The van der Waals surface area contributed by atoms with Gasteiger partial charge in [0.15, 0.2) is 5.82 Å². The zero-order valence-electron chi connectivity index (χ0n) is 17.8. The fourth-order valence-electron chi connectivity index (χ4n) is 5.80. The van der Waals surface area contributed by atoms with E-state index < -0.39 is 11.6 Å². The predicted octanol–water partition coefficient (Wildman–Crippen LogP) is 5.45. The quantitative estimate of drug-likeness (QED) is 0.566. The van der Waals surface area contributed by atoms with Crippen molar-refractivity contribution in [1.29, 1.82) is 0 Å². The van der Waals surface area contributed by atoms with Crippen LogP contribution < -0.4 is 5.56 Å². The van der Waals surface area contributed by atoms with E-state index >= 15 is 0 Å². The van der Waals surface area contributed by atoms with Gasteiger partial charge in [0.25, 0.3) is 5.56 Å². The first-order valence-electron chi connectivity index (χ1n) is 10.5. The van der Waals surface area contributed by atoms with Crippen molar-refractivity contribution in [2.45, 2.75) is 58.4 Å². The highest BCUT2D eigenvalue weighted by atomic mass is 19.1. The summed E-state index contributed by atoms with van der Waals surface area (Å²) in [7, 11) is 0. The number of aromatic nitrogens is 2. The second-order valence-corrected chi connectivity index (χ2v) is 9.66. The number of aryl methyl sites for hydroxylation is 1. The Kier molecular flexibility index (Phi) is 3.96. The zero-order valence-corrected chi connectivity index (χ0v) is 17.8. The van der Waals surface area contributed by atoms with Crippen LogP contribution >= 0.6 is 0 Å². The molecule has 2 atom stereocenters. The van der Waals surface area contributed by atoms with E-state index in [1.165, 1.54) is 16.8 Å². The molecule has 0 unspecified atom stereocenters. The SMILES string of the molecule is Cc1ccc(Cn2c3c(c(=O)n2-c2ccc(F)cc2F)[C@H]2CC[C@]3(C)C2(C)C)cc1. The third kappa shape index (κ3) is 2.38. The largest absolute Gasteiger partial charge is 0.277 e. The zero-order chi connectivity index (χ0) is 21.4. The van der Waals surface area contributed by atoms with Gasteiger partial charge in [-0.2, -0.15) is 0 Å². The van der Waals surface area contributed by atoms with E-state index in [9.17, 15) is 13.6 Å². The highest BCUT2D eigenvalue weighted by Gasteiger charge is 2.62. The molecule has 2 aromatic carbocycles. The third-order valence-corrected chi connectivity index (χ3v) is 7.87. The average molecular weight is 408 g/mol. The Balaban J connectivity index is 1.79. The van der Waals surface area contributed by atoms with Gasteiger partial charge in [-0.3, -0.25) is 9.48 Å². The predicted molar refractivity (Wildman–Crippen MR) is 113 cm³/mol. The maximum absolute atomic E-state index is 14.8. The molecule has 3 aromatic rings. The molecule has 2 bridgehead atoms. The molecule has 0 radical (unpaired) electrons. The Morgan fingerprint density at radius 1 is 1.07 bits per heavy atom. The van der Waals surface area contributed by atoms with Crippen LogP contribution in [0.25, 0.3) is 5.69 Å². The van der Waals surface area contributed by atoms with E-state index in [4.69, 9.17) is 0 Å². The smallest absolute Gasteiger partial charge is 0.275 e. The van der Waals surface area contributed by atoms with Crippen molar-refractivity contribution in [1.82, 2.24) is 9.36 Å². The van der Waals surface area contributed by atoms with Crippen molar-refractivity contribution in [3.05, 3.63) is 86.8 Å². The summed E-state index contributed by atoms with van der Waals surface area (Å²) < 4.78 is 31.7. The second kappa shape index (κ2) is 6.16. The molecule has 156 valence electrons. The molecular formula is C25H26F2N2O. The Hall–Kier alpha value is -2.69. The minimum atomic E-state index is -0.727. The molecule has 1 heterocycles. The van der Waals surface area contributed by atoms with Crippen LogP contribution in [-0.4, -0.2) is 9.36 Å². The van der Waals surface area contributed by atoms with E-state index in [1.54, 1.807) is 0 Å². The molecular weight excluding hydrogens is 382 g/mol. The summed E-state index contributed by atoms with van der Waals surface area (Å²) in [5.74, 6) is -1.23. The fourth-order valence-corrected chi connectivity index (χ4v) is 5.80. The molecule has 0 spiro atoms. The fraction of sp³-hybridized carbons (Fsp3) is 0.400. The Bertz CT molecular complexity index is 1220. The van der Waals surface area contributed by atoms with Crippen LogP contribution in [0, 0.1) is 24.0 Å². The van der Waals surface area contributed by atoms with Gasteiger partial charge in [-0.25, -0.2) is 13.5 Å². The van der Waals surface area contributed by atoms with Crippen LogP contribution in [0.1, 0.15) is 61.9 Å². The lowest BCUT2D eigenvalue weighted by Crippen LogP contribution is -2.36. The van der Waals surface area contributed by atoms with Gasteiger partial charge in [-0.1, -0.05) is 50.6 Å². The summed E-state index contributed by atoms with van der Waals surface area (Å²) in [6, 6.07) is 11.6. The highest BCUT2D eigenvalue weighted by molar-refractivity contribution is 5.48. The minimum absolute atomic E-state index is 0.0354. The number of halogens is 2. The first-order chi connectivity index (χ1) is 14.1. The third-order valence-electron chi connectivity index (χ3n) is 7.87. The standard InChI is InChI=1S/C25H26F2N2O/c1-15-5-7-16(8-6-15)14-28-22-21(18-11-12-25(22,4)24(18,2)3)23(30)29(28)20-10-9-17(26)13-19(20)27/h5-10,13,18H,11-12,14H2,1-4H3/t18-,25+/m1/s1. The summed E-state index contributed by atoms with van der Waals surface area (Å²) >= 11 is 0. The number of hydrogen-bond donors (Lipinski definition) is 0. The van der Waals surface area contributed by atoms with Gasteiger partial charge in [0.1, 0.15) is 11.5 Å². The molecule has 0 aliphatic heterocycles. The van der Waals surface area contributed by atoms with Gasteiger partial charge in [-0.15, -0.1) is 0 Å². The van der Waals surface area contributed by atoms with Crippen molar-refractivity contribution < 1.29 is 8.78 Å². The van der Waals surface area contributed by atoms with Crippen molar-refractivity contribution in [2.75, 3.05) is 0 Å². The van der Waals surface area contributed by atoms with Crippen LogP contribution in [0.2, 0.25) is 0 Å². The van der Waals surface area contributed by atoms with Crippen molar-refractivity contribution in [2.24, 2.45) is 5.41 Å². The maximum Gasteiger partial charge on any atom is 0.275 e. The topological polar surface area (TPSA) is 26.9 Å². The van der Waals surface area contributed by atoms with Gasteiger partial charge in [0.05, 0.1) is 12.2 Å². The van der Waals surface area contributed by atoms with Crippen LogP contribution in [0.4, 0.5) is 8.78 Å². The van der Waals surface area contributed by atoms with E-state index in [0.29, 0.717) is 6.54 Å². The number of fused-ring (bicyclic) bond motifs is 5. The Labute approximate surface area is 174 Å². The first-order valence-corrected chi connectivity index (χ1v) is 10.5. The molecule has 1 aromatic heterocycles. The molecule has 0 N–H and O–H groups in total. The highest BCUT2D eigenvalue weighted by Crippen LogP contribution is 2.67. The number of nitrogens with zero attached hydrogens (tertiary/aromatic N) is 2. The molecule has 0 amide bonds. The van der Waals surface area contributed by atoms with Gasteiger partial charge in [-0.05, 0) is 48.8 Å². The van der Waals surface area contributed by atoms with Gasteiger partial charge < -0.3 is 0 Å². The van der Waals surface area contributed by atoms with Crippen LogP contribution in [0.15, 0.2) is 47.3 Å². The van der Waals surface area contributed by atoms with Crippen molar-refractivity contribution in [3.8, 4) is 5.69 Å². The summed E-state index contributed by atoms with van der Waals surface area (Å²) in [6.45, 7) is 9.20. The lowest BCUT2D eigenvalue weighted by atomic mass is 9.70. The molecule has 30 heavy (non-hydrogen) atoms. The number of rotatable bonds is 3. The van der Waals surface area contributed by atoms with Crippen LogP contribution in [0.5, 0.6) is 0 Å². The lowest BCUT2D eigenvalue weighted by Gasteiger charge is -2.36. The molecule has 3 nitrogen and oxygen atoms in total. The van der Waals surface area contributed by atoms with E-state index in [1.807, 2.05) is 35.9 Å². The van der Waals surface area contributed by atoms with E-state index in [2.05, 4.69) is 20.8 Å². The van der Waals surface area contributed by atoms with Crippen LogP contribution in [-0.2, 0) is 12.0 Å². The number of hydrogen-bond acceptors (Lipinski definition) is 1. The molecule has 0 saturated heterocycles. The molecule has 1 saturated carbocycles. The van der Waals surface area contributed by atoms with Crippen molar-refractivity contribution >= 4 is 0 Å². The summed E-state index contributed by atoms with van der Waals surface area (Å²) in [5, 5.41) is 0. The minimum Gasteiger partial charge on any atom is -0.277 e. The number of benzene rings is 2. The second-order valence-electron chi connectivity index (χ2n) is 9.66. The molecule has 2 aliphatic rings. The van der Waals surface area contributed by atoms with E-state index in [-0.39, 0.29) is 28.0 Å². The Morgan fingerprint density at radius 2 is 1.77 bits per heavy atom. The molecule has 5 heteroatoms. The van der Waals surface area contributed by atoms with Crippen molar-refractivity contribution in [3.63, 3.8) is 0 Å². The van der Waals surface area contributed by atoms with E-state index in [0.717, 1.165) is 41.3 Å². The van der Waals surface area contributed by atoms with Gasteiger partial charge in [0, 0.05) is 17.0 Å². The molecule has 5 rings (SSSR count). The van der Waals surface area contributed by atoms with Gasteiger partial charge >= 0.3 is 0 Å². The summed E-state index contributed by atoms with van der Waals surface area (Å²) in [5.41, 5.74) is 3.74. The normalized spacial score (nSPS) is 23.7. The van der Waals surface area contributed by atoms with Crippen LogP contribution in [0.3, 0.4) is 0 Å².